The number of hydrogen-bond acceptors (Lipinski definition) is 3. The van der Waals surface area contributed by atoms with Crippen molar-refractivity contribution in [3.05, 3.63) is 79.0 Å². The minimum Gasteiger partial charge on any atom is -0.315 e. The molecule has 0 aromatic heterocycles. The van der Waals surface area contributed by atoms with Crippen LogP contribution in [0.4, 0.5) is 0 Å². The van der Waals surface area contributed by atoms with Crippen molar-refractivity contribution >= 4 is 44.4 Å². The van der Waals surface area contributed by atoms with E-state index < -0.39 is 5.72 Å². The van der Waals surface area contributed by atoms with Crippen LogP contribution in [0.1, 0.15) is 41.8 Å². The van der Waals surface area contributed by atoms with E-state index >= 15 is 0 Å². The number of rotatable bonds is 5. The lowest BCUT2D eigenvalue weighted by atomic mass is 9.95. The molecule has 136 valence electrons. The molecule has 1 atom stereocenters. The van der Waals surface area contributed by atoms with Crippen LogP contribution >= 0.6 is 38.5 Å². The van der Waals surface area contributed by atoms with Crippen molar-refractivity contribution in [1.29, 1.82) is 0 Å². The van der Waals surface area contributed by atoms with E-state index in [9.17, 15) is 4.79 Å². The molecule has 6 heteroatoms. The third-order valence-electron chi connectivity index (χ3n) is 4.40. The summed E-state index contributed by atoms with van der Waals surface area (Å²) in [7, 11) is 0. The molecule has 0 spiro atoms. The smallest absolute Gasteiger partial charge is 0.255 e. The average Bonchev–Trinajstić information content (AvgIpc) is 2.97. The number of carbonyl (C=O) groups is 1. The van der Waals surface area contributed by atoms with E-state index in [1.807, 2.05) is 43.3 Å². The normalized spacial score (nSPS) is 19.0. The molecule has 0 fully saturated rings. The van der Waals surface area contributed by atoms with Gasteiger partial charge in [-0.05, 0) is 65.8 Å². The summed E-state index contributed by atoms with van der Waals surface area (Å²) < 4.78 is 1.90. The Balaban J connectivity index is 1.92. The van der Waals surface area contributed by atoms with Gasteiger partial charge in [-0.1, -0.05) is 47.5 Å². The predicted molar refractivity (Wildman–Crippen MR) is 114 cm³/mol. The Labute approximate surface area is 175 Å². The van der Waals surface area contributed by atoms with Crippen molar-refractivity contribution in [2.75, 3.05) is 0 Å². The molecule has 0 bridgehead atoms. The van der Waals surface area contributed by atoms with E-state index in [4.69, 9.17) is 4.84 Å². The molecular formula is C20H20BrIN2O2. The highest BCUT2D eigenvalue weighted by atomic mass is 127. The molecule has 2 N–H and O–H groups in total. The SMILES string of the molecule is CCCc1ccc(C(=O)NC2(c3ccc(Br)cc3)ONC=C2C)c(I)c1. The van der Waals surface area contributed by atoms with Crippen LogP contribution in [0, 0.1) is 3.57 Å². The van der Waals surface area contributed by atoms with Gasteiger partial charge in [0.1, 0.15) is 0 Å². The monoisotopic (exact) mass is 526 g/mol. The second kappa shape index (κ2) is 8.10. The minimum atomic E-state index is -1.02. The molecule has 1 amide bonds. The topological polar surface area (TPSA) is 50.4 Å². The van der Waals surface area contributed by atoms with E-state index in [0.717, 1.165) is 32.0 Å². The molecule has 2 aromatic carbocycles. The highest BCUT2D eigenvalue weighted by Gasteiger charge is 2.41. The highest BCUT2D eigenvalue weighted by Crippen LogP contribution is 2.34. The number of carbonyl (C=O) groups excluding carboxylic acids is 1. The standard InChI is InChI=1S/C20H20BrIN2O2/c1-3-4-14-5-10-17(18(22)11-14)19(25)24-20(13(2)12-23-26-20)15-6-8-16(21)9-7-15/h5-12,23H,3-4H2,1-2H3,(H,24,25). The highest BCUT2D eigenvalue weighted by molar-refractivity contribution is 14.1. The van der Waals surface area contributed by atoms with Gasteiger partial charge in [-0.3, -0.25) is 10.3 Å². The number of aryl methyl sites for hydroxylation is 1. The fourth-order valence-electron chi connectivity index (χ4n) is 2.97. The van der Waals surface area contributed by atoms with Crippen LogP contribution in [-0.2, 0) is 17.0 Å². The second-order valence-corrected chi connectivity index (χ2v) is 8.33. The molecule has 1 heterocycles. The maximum Gasteiger partial charge on any atom is 0.255 e. The molecule has 1 aliphatic heterocycles. The summed E-state index contributed by atoms with van der Waals surface area (Å²) >= 11 is 5.66. The van der Waals surface area contributed by atoms with Gasteiger partial charge in [-0.15, -0.1) is 0 Å². The number of hydrogen-bond donors (Lipinski definition) is 2. The predicted octanol–water partition coefficient (Wildman–Crippen LogP) is 5.03. The van der Waals surface area contributed by atoms with Crippen molar-refractivity contribution < 1.29 is 9.63 Å². The second-order valence-electron chi connectivity index (χ2n) is 6.25. The first-order valence-electron chi connectivity index (χ1n) is 8.44. The van der Waals surface area contributed by atoms with Crippen LogP contribution in [0.3, 0.4) is 0 Å². The molecule has 0 saturated carbocycles. The molecule has 4 nitrogen and oxygen atoms in total. The maximum atomic E-state index is 13.0. The van der Waals surface area contributed by atoms with Crippen molar-refractivity contribution in [3.8, 4) is 0 Å². The van der Waals surface area contributed by atoms with Gasteiger partial charge in [0.2, 0.25) is 5.72 Å². The first-order valence-corrected chi connectivity index (χ1v) is 10.3. The lowest BCUT2D eigenvalue weighted by Gasteiger charge is -2.30. The molecular weight excluding hydrogens is 507 g/mol. The van der Waals surface area contributed by atoms with Gasteiger partial charge < -0.3 is 5.32 Å². The molecule has 0 saturated heterocycles. The van der Waals surface area contributed by atoms with E-state index in [0.29, 0.717) is 5.56 Å². The van der Waals surface area contributed by atoms with Gasteiger partial charge in [0.25, 0.3) is 5.91 Å². The quantitative estimate of drug-likeness (QED) is 0.537. The minimum absolute atomic E-state index is 0.170. The first-order chi connectivity index (χ1) is 12.5. The zero-order valence-electron chi connectivity index (χ0n) is 14.6. The largest absolute Gasteiger partial charge is 0.315 e. The molecule has 1 aliphatic rings. The molecule has 2 aromatic rings. The van der Waals surface area contributed by atoms with E-state index in [2.05, 4.69) is 62.3 Å². The third kappa shape index (κ3) is 3.82. The Morgan fingerprint density at radius 3 is 2.58 bits per heavy atom. The summed E-state index contributed by atoms with van der Waals surface area (Å²) in [5, 5.41) is 3.07. The average molecular weight is 527 g/mol. The van der Waals surface area contributed by atoms with E-state index in [-0.39, 0.29) is 5.91 Å². The Kier molecular flexibility index (Phi) is 6.04. The summed E-state index contributed by atoms with van der Waals surface area (Å²) in [6.07, 6.45) is 3.85. The fraction of sp³-hybridized carbons (Fsp3) is 0.250. The first kappa shape index (κ1) is 19.4. The Bertz CT molecular complexity index is 851. The zero-order valence-corrected chi connectivity index (χ0v) is 18.3. The Morgan fingerprint density at radius 2 is 2.00 bits per heavy atom. The summed E-state index contributed by atoms with van der Waals surface area (Å²) in [6, 6.07) is 13.7. The van der Waals surface area contributed by atoms with Gasteiger partial charge in [0.05, 0.1) is 5.56 Å². The van der Waals surface area contributed by atoms with Crippen LogP contribution in [0.5, 0.6) is 0 Å². The van der Waals surface area contributed by atoms with Crippen molar-refractivity contribution in [3.63, 3.8) is 0 Å². The van der Waals surface area contributed by atoms with Gasteiger partial charge in [-0.2, -0.15) is 0 Å². The lowest BCUT2D eigenvalue weighted by molar-refractivity contribution is -0.0639. The van der Waals surface area contributed by atoms with Crippen LogP contribution in [0.15, 0.2) is 58.7 Å². The Morgan fingerprint density at radius 1 is 1.27 bits per heavy atom. The third-order valence-corrected chi connectivity index (χ3v) is 5.82. The van der Waals surface area contributed by atoms with Gasteiger partial charge in [0, 0.05) is 25.4 Å². The Hall–Kier alpha value is -1.38. The van der Waals surface area contributed by atoms with Gasteiger partial charge in [-0.25, -0.2) is 4.84 Å². The number of benzene rings is 2. The van der Waals surface area contributed by atoms with E-state index in [1.165, 1.54) is 5.56 Å². The summed E-state index contributed by atoms with van der Waals surface area (Å²) in [6.45, 7) is 4.08. The lowest BCUT2D eigenvalue weighted by Crippen LogP contribution is -2.48. The number of nitrogens with one attached hydrogen (secondary N) is 2. The molecule has 1 unspecified atom stereocenters. The number of halogens is 2. The van der Waals surface area contributed by atoms with Crippen molar-refractivity contribution in [1.82, 2.24) is 10.8 Å². The fourth-order valence-corrected chi connectivity index (χ4v) is 4.06. The van der Waals surface area contributed by atoms with Gasteiger partial charge >= 0.3 is 0 Å². The van der Waals surface area contributed by atoms with Crippen LogP contribution in [0.25, 0.3) is 0 Å². The molecule has 3 rings (SSSR count). The van der Waals surface area contributed by atoms with E-state index in [1.54, 1.807) is 6.20 Å². The maximum absolute atomic E-state index is 13.0. The number of hydroxylamine groups is 1. The van der Waals surface area contributed by atoms with Crippen molar-refractivity contribution in [2.45, 2.75) is 32.4 Å². The summed E-state index contributed by atoms with van der Waals surface area (Å²) in [5.74, 6) is -0.170. The molecule has 0 radical (unpaired) electrons. The van der Waals surface area contributed by atoms with Crippen LogP contribution in [-0.4, -0.2) is 5.91 Å². The van der Waals surface area contributed by atoms with Crippen LogP contribution in [0.2, 0.25) is 0 Å². The van der Waals surface area contributed by atoms with Crippen LogP contribution < -0.4 is 10.8 Å². The number of amides is 1. The summed E-state index contributed by atoms with van der Waals surface area (Å²) in [4.78, 5) is 18.8. The summed E-state index contributed by atoms with van der Waals surface area (Å²) in [5.41, 5.74) is 5.38. The molecule has 26 heavy (non-hydrogen) atoms. The molecule has 0 aliphatic carbocycles. The zero-order chi connectivity index (χ0) is 18.7. The van der Waals surface area contributed by atoms with Gasteiger partial charge in [0.15, 0.2) is 0 Å². The van der Waals surface area contributed by atoms with Crippen molar-refractivity contribution in [2.24, 2.45) is 0 Å².